The van der Waals surface area contributed by atoms with Crippen molar-refractivity contribution in [2.75, 3.05) is 37.4 Å². The standard InChI is InChI=1S/C22H30N2O6S2/c1-16-14-22(17(2)13-20(16)24-11-5-6-12-31(24,25)26)32(27,28)23-10-9-18-15-19(29-3)7-8-21(18)30-4/h7-8,13-15,23H,5-6,9-12H2,1-4H3. The monoisotopic (exact) mass is 482 g/mol. The van der Waals surface area contributed by atoms with E-state index in [-0.39, 0.29) is 17.2 Å². The number of anilines is 1. The molecule has 1 saturated heterocycles. The fourth-order valence-electron chi connectivity index (χ4n) is 3.87. The lowest BCUT2D eigenvalue weighted by atomic mass is 10.1. The van der Waals surface area contributed by atoms with Crippen LogP contribution >= 0.6 is 0 Å². The normalized spacial score (nSPS) is 16.1. The summed E-state index contributed by atoms with van der Waals surface area (Å²) in [6.45, 7) is 4.00. The van der Waals surface area contributed by atoms with Crippen molar-refractivity contribution in [1.29, 1.82) is 0 Å². The van der Waals surface area contributed by atoms with Crippen LogP contribution < -0.4 is 18.5 Å². The minimum Gasteiger partial charge on any atom is -0.497 e. The number of benzene rings is 2. The minimum atomic E-state index is -3.79. The van der Waals surface area contributed by atoms with E-state index in [0.717, 1.165) is 12.0 Å². The number of methoxy groups -OCH3 is 2. The van der Waals surface area contributed by atoms with Gasteiger partial charge in [-0.05, 0) is 80.1 Å². The van der Waals surface area contributed by atoms with Crippen LogP contribution in [0.2, 0.25) is 0 Å². The van der Waals surface area contributed by atoms with Gasteiger partial charge < -0.3 is 9.47 Å². The molecule has 1 aliphatic rings. The van der Waals surface area contributed by atoms with Crippen LogP contribution in [0.15, 0.2) is 35.2 Å². The first-order valence-corrected chi connectivity index (χ1v) is 13.5. The van der Waals surface area contributed by atoms with Gasteiger partial charge >= 0.3 is 0 Å². The van der Waals surface area contributed by atoms with Crippen molar-refractivity contribution < 1.29 is 26.3 Å². The van der Waals surface area contributed by atoms with Gasteiger partial charge in [0.25, 0.3) is 0 Å². The predicted molar refractivity (Wildman–Crippen MR) is 125 cm³/mol. The predicted octanol–water partition coefficient (Wildman–Crippen LogP) is 2.77. The number of nitrogens with zero attached hydrogens (tertiary/aromatic N) is 1. The van der Waals surface area contributed by atoms with E-state index in [4.69, 9.17) is 9.47 Å². The molecule has 1 aliphatic heterocycles. The lowest BCUT2D eigenvalue weighted by Crippen LogP contribution is -2.38. The largest absolute Gasteiger partial charge is 0.497 e. The van der Waals surface area contributed by atoms with Crippen molar-refractivity contribution in [2.45, 2.75) is 38.0 Å². The summed E-state index contributed by atoms with van der Waals surface area (Å²) in [7, 11) is -4.03. The van der Waals surface area contributed by atoms with Crippen molar-refractivity contribution in [3.05, 3.63) is 47.0 Å². The van der Waals surface area contributed by atoms with E-state index >= 15 is 0 Å². The smallest absolute Gasteiger partial charge is 0.240 e. The molecular weight excluding hydrogens is 452 g/mol. The average molecular weight is 483 g/mol. The maximum Gasteiger partial charge on any atom is 0.240 e. The van der Waals surface area contributed by atoms with Gasteiger partial charge in [-0.1, -0.05) is 0 Å². The molecule has 0 aliphatic carbocycles. The van der Waals surface area contributed by atoms with Crippen molar-refractivity contribution >= 4 is 25.7 Å². The quantitative estimate of drug-likeness (QED) is 0.621. The SMILES string of the molecule is COc1ccc(OC)c(CCNS(=O)(=O)c2cc(C)c(N3CCCCS3(=O)=O)cc2C)c1. The summed E-state index contributed by atoms with van der Waals surface area (Å²) in [5.74, 6) is 1.43. The van der Waals surface area contributed by atoms with Crippen LogP contribution in [0.3, 0.4) is 0 Å². The number of hydrogen-bond donors (Lipinski definition) is 1. The van der Waals surface area contributed by atoms with Gasteiger partial charge in [0.15, 0.2) is 0 Å². The van der Waals surface area contributed by atoms with Crippen LogP contribution in [0.25, 0.3) is 0 Å². The van der Waals surface area contributed by atoms with Gasteiger partial charge in [-0.15, -0.1) is 0 Å². The second-order valence-corrected chi connectivity index (χ2v) is 11.6. The second kappa shape index (κ2) is 9.68. The summed E-state index contributed by atoms with van der Waals surface area (Å²) < 4.78 is 65.6. The molecule has 0 atom stereocenters. The summed E-state index contributed by atoms with van der Waals surface area (Å²) in [6.07, 6.45) is 1.85. The number of hydrogen-bond acceptors (Lipinski definition) is 6. The summed E-state index contributed by atoms with van der Waals surface area (Å²) in [5, 5.41) is 0. The van der Waals surface area contributed by atoms with Crippen LogP contribution in [0.1, 0.15) is 29.5 Å². The van der Waals surface area contributed by atoms with Crippen LogP contribution in [-0.2, 0) is 26.5 Å². The van der Waals surface area contributed by atoms with Gasteiger partial charge in [0.1, 0.15) is 11.5 Å². The maximum absolute atomic E-state index is 13.0. The minimum absolute atomic E-state index is 0.112. The first kappa shape index (κ1) is 24.3. The number of sulfonamides is 2. The Morgan fingerprint density at radius 3 is 2.44 bits per heavy atom. The Kier molecular flexibility index (Phi) is 7.36. The third-order valence-electron chi connectivity index (χ3n) is 5.57. The highest BCUT2D eigenvalue weighted by atomic mass is 32.2. The number of nitrogens with one attached hydrogen (secondary N) is 1. The van der Waals surface area contributed by atoms with Crippen molar-refractivity contribution in [1.82, 2.24) is 4.72 Å². The van der Waals surface area contributed by atoms with E-state index in [1.165, 1.54) is 4.31 Å². The Balaban J connectivity index is 1.80. The fourth-order valence-corrected chi connectivity index (χ4v) is 6.90. The summed E-state index contributed by atoms with van der Waals surface area (Å²) in [4.78, 5) is 0.144. The number of aryl methyl sites for hydroxylation is 2. The zero-order valence-corrected chi connectivity index (χ0v) is 20.5. The van der Waals surface area contributed by atoms with Crippen LogP contribution in [-0.4, -0.2) is 49.9 Å². The van der Waals surface area contributed by atoms with Gasteiger partial charge in [0.2, 0.25) is 20.0 Å². The molecule has 0 unspecified atom stereocenters. The molecule has 0 aromatic heterocycles. The van der Waals surface area contributed by atoms with Gasteiger partial charge in [-0.25, -0.2) is 21.6 Å². The summed E-state index contributed by atoms with van der Waals surface area (Å²) >= 11 is 0. The molecule has 0 radical (unpaired) electrons. The highest BCUT2D eigenvalue weighted by Gasteiger charge is 2.28. The fraction of sp³-hybridized carbons (Fsp3) is 0.455. The molecule has 0 bridgehead atoms. The molecule has 8 nitrogen and oxygen atoms in total. The first-order chi connectivity index (χ1) is 15.1. The Labute approximate surface area is 190 Å². The highest BCUT2D eigenvalue weighted by Crippen LogP contribution is 2.31. The third-order valence-corrected chi connectivity index (χ3v) is 9.03. The molecule has 1 N–H and O–H groups in total. The van der Waals surface area contributed by atoms with E-state index in [1.807, 2.05) is 6.07 Å². The molecule has 0 amide bonds. The van der Waals surface area contributed by atoms with Gasteiger partial charge in [0, 0.05) is 13.1 Å². The molecule has 0 saturated carbocycles. The molecule has 1 heterocycles. The Morgan fingerprint density at radius 2 is 1.78 bits per heavy atom. The van der Waals surface area contributed by atoms with Crippen LogP contribution in [0.5, 0.6) is 11.5 Å². The molecule has 10 heteroatoms. The number of ether oxygens (including phenoxy) is 2. The van der Waals surface area contributed by atoms with E-state index < -0.39 is 20.0 Å². The molecule has 3 rings (SSSR count). The Morgan fingerprint density at radius 1 is 1.03 bits per heavy atom. The lowest BCUT2D eigenvalue weighted by Gasteiger charge is -2.30. The maximum atomic E-state index is 13.0. The molecule has 0 spiro atoms. The van der Waals surface area contributed by atoms with Gasteiger partial charge in [-0.3, -0.25) is 4.31 Å². The average Bonchev–Trinajstić information content (AvgIpc) is 2.74. The van der Waals surface area contributed by atoms with Gasteiger partial charge in [0.05, 0.1) is 30.6 Å². The first-order valence-electron chi connectivity index (χ1n) is 10.4. The van der Waals surface area contributed by atoms with Gasteiger partial charge in [-0.2, -0.15) is 0 Å². The zero-order chi connectivity index (χ0) is 23.5. The van der Waals surface area contributed by atoms with E-state index in [9.17, 15) is 16.8 Å². The van der Waals surface area contributed by atoms with Crippen LogP contribution in [0.4, 0.5) is 5.69 Å². The van der Waals surface area contributed by atoms with Crippen molar-refractivity contribution in [3.8, 4) is 11.5 Å². The molecule has 2 aromatic rings. The summed E-state index contributed by atoms with van der Waals surface area (Å²) in [5.41, 5.74) is 2.48. The Bertz CT molecular complexity index is 1190. The van der Waals surface area contributed by atoms with Crippen molar-refractivity contribution in [3.63, 3.8) is 0 Å². The van der Waals surface area contributed by atoms with E-state index in [2.05, 4.69) is 4.72 Å². The lowest BCUT2D eigenvalue weighted by molar-refractivity contribution is 0.398. The van der Waals surface area contributed by atoms with Crippen LogP contribution in [0, 0.1) is 13.8 Å². The summed E-state index contributed by atoms with van der Waals surface area (Å²) in [6, 6.07) is 8.57. The highest BCUT2D eigenvalue weighted by molar-refractivity contribution is 7.92. The third kappa shape index (κ3) is 5.19. The molecule has 176 valence electrons. The topological polar surface area (TPSA) is 102 Å². The molecular formula is C22H30N2O6S2. The molecule has 32 heavy (non-hydrogen) atoms. The second-order valence-electron chi connectivity index (χ2n) is 7.82. The zero-order valence-electron chi connectivity index (χ0n) is 18.8. The van der Waals surface area contributed by atoms with Crippen molar-refractivity contribution in [2.24, 2.45) is 0 Å². The van der Waals surface area contributed by atoms with E-state index in [1.54, 1.807) is 52.3 Å². The molecule has 2 aromatic carbocycles. The Hall–Kier alpha value is -2.30. The van der Waals surface area contributed by atoms with E-state index in [0.29, 0.717) is 47.7 Å². The molecule has 1 fully saturated rings. The number of rotatable bonds is 8.